The van der Waals surface area contributed by atoms with Gasteiger partial charge in [0.05, 0.1) is 6.04 Å². The summed E-state index contributed by atoms with van der Waals surface area (Å²) in [6, 6.07) is 0.329. The maximum Gasteiger partial charge on any atom is 0.410 e. The maximum absolute atomic E-state index is 11.8. The Labute approximate surface area is 90.8 Å². The van der Waals surface area contributed by atoms with Crippen molar-refractivity contribution in [2.24, 2.45) is 11.1 Å². The van der Waals surface area contributed by atoms with Crippen LogP contribution >= 0.6 is 0 Å². The van der Waals surface area contributed by atoms with Gasteiger partial charge in [-0.3, -0.25) is 0 Å². The third-order valence-corrected chi connectivity index (χ3v) is 3.45. The first-order valence-corrected chi connectivity index (χ1v) is 5.48. The fourth-order valence-corrected chi connectivity index (χ4v) is 2.55. The molecule has 4 nitrogen and oxygen atoms in total. The van der Waals surface area contributed by atoms with Gasteiger partial charge in [0, 0.05) is 18.0 Å². The van der Waals surface area contributed by atoms with Crippen LogP contribution in [0.4, 0.5) is 4.79 Å². The average Bonchev–Trinajstić information content (AvgIpc) is 2.52. The minimum atomic E-state index is -0.422. The number of ether oxygens (including phenoxy) is 1. The van der Waals surface area contributed by atoms with Crippen molar-refractivity contribution in [2.45, 2.75) is 51.8 Å². The monoisotopic (exact) mass is 212 g/mol. The second-order valence-corrected chi connectivity index (χ2v) is 6.06. The Hall–Kier alpha value is -0.770. The van der Waals surface area contributed by atoms with Crippen LogP contribution in [0.5, 0.6) is 0 Å². The molecule has 3 rings (SSSR count). The Bertz CT molecular complexity index is 297. The first-order valence-electron chi connectivity index (χ1n) is 5.48. The summed E-state index contributed by atoms with van der Waals surface area (Å²) in [6.07, 6.45) is 0.803. The zero-order chi connectivity index (χ0) is 11.4. The summed E-state index contributed by atoms with van der Waals surface area (Å²) >= 11 is 0. The fourth-order valence-electron chi connectivity index (χ4n) is 2.55. The topological polar surface area (TPSA) is 55.6 Å². The Morgan fingerprint density at radius 1 is 1.53 bits per heavy atom. The molecule has 1 aliphatic carbocycles. The molecule has 3 fully saturated rings. The summed E-state index contributed by atoms with van der Waals surface area (Å²) < 4.78 is 5.34. The number of carbonyl (C=O) groups is 1. The molecule has 0 radical (unpaired) electrons. The fraction of sp³-hybridized carbons (Fsp3) is 0.909. The molecule has 2 heterocycles. The SMILES string of the molecule is CC(C)(C)OC(=O)N1C[C@@]2(C)C[C@@H]1[C@H]2N. The highest BCUT2D eigenvalue weighted by Gasteiger charge is 2.60. The van der Waals surface area contributed by atoms with Gasteiger partial charge in [-0.15, -0.1) is 0 Å². The zero-order valence-electron chi connectivity index (χ0n) is 9.91. The van der Waals surface area contributed by atoms with Crippen molar-refractivity contribution < 1.29 is 9.53 Å². The van der Waals surface area contributed by atoms with E-state index in [1.807, 2.05) is 20.8 Å². The normalized spacial score (nSPS) is 38.9. The second kappa shape index (κ2) is 2.88. The third kappa shape index (κ3) is 1.61. The van der Waals surface area contributed by atoms with E-state index in [2.05, 4.69) is 6.92 Å². The van der Waals surface area contributed by atoms with Crippen LogP contribution in [0, 0.1) is 5.41 Å². The highest BCUT2D eigenvalue weighted by molar-refractivity contribution is 5.70. The van der Waals surface area contributed by atoms with E-state index < -0.39 is 5.60 Å². The smallest absolute Gasteiger partial charge is 0.410 e. The van der Waals surface area contributed by atoms with Gasteiger partial charge in [0.15, 0.2) is 0 Å². The van der Waals surface area contributed by atoms with Gasteiger partial charge in [-0.1, -0.05) is 6.92 Å². The van der Waals surface area contributed by atoms with Crippen LogP contribution in [0.2, 0.25) is 0 Å². The molecular weight excluding hydrogens is 192 g/mol. The molecule has 86 valence electrons. The largest absolute Gasteiger partial charge is 0.444 e. The number of rotatable bonds is 0. The van der Waals surface area contributed by atoms with Crippen molar-refractivity contribution in [2.75, 3.05) is 6.54 Å². The lowest BCUT2D eigenvalue weighted by molar-refractivity contribution is 0.0228. The van der Waals surface area contributed by atoms with Gasteiger partial charge in [0.25, 0.3) is 0 Å². The third-order valence-electron chi connectivity index (χ3n) is 3.45. The predicted molar refractivity (Wildman–Crippen MR) is 57.4 cm³/mol. The molecule has 4 heteroatoms. The molecule has 0 aromatic heterocycles. The molecule has 0 aromatic carbocycles. The number of carbonyl (C=O) groups excluding carboxylic acids is 1. The van der Waals surface area contributed by atoms with Gasteiger partial charge in [-0.2, -0.15) is 0 Å². The number of hydrogen-bond donors (Lipinski definition) is 1. The van der Waals surface area contributed by atoms with Crippen LogP contribution in [-0.2, 0) is 4.74 Å². The van der Waals surface area contributed by atoms with E-state index >= 15 is 0 Å². The minimum Gasteiger partial charge on any atom is -0.444 e. The highest BCUT2D eigenvalue weighted by atomic mass is 16.6. The van der Waals surface area contributed by atoms with Gasteiger partial charge >= 0.3 is 6.09 Å². The molecule has 3 aliphatic rings. The average molecular weight is 212 g/mol. The zero-order valence-corrected chi connectivity index (χ0v) is 9.91. The predicted octanol–water partition coefficient (Wildman–Crippen LogP) is 1.34. The molecule has 15 heavy (non-hydrogen) atoms. The van der Waals surface area contributed by atoms with Gasteiger partial charge in [0.2, 0.25) is 0 Å². The van der Waals surface area contributed by atoms with Gasteiger partial charge < -0.3 is 15.4 Å². The Morgan fingerprint density at radius 3 is 2.47 bits per heavy atom. The molecule has 1 amide bonds. The molecular formula is C11H20N2O2. The van der Waals surface area contributed by atoms with E-state index in [0.717, 1.165) is 13.0 Å². The molecule has 2 saturated heterocycles. The van der Waals surface area contributed by atoms with Gasteiger partial charge in [-0.25, -0.2) is 4.79 Å². The Balaban J connectivity index is 2.00. The minimum absolute atomic E-state index is 0.127. The second-order valence-electron chi connectivity index (χ2n) is 6.06. The summed E-state index contributed by atoms with van der Waals surface area (Å²) in [5, 5.41) is 0. The summed E-state index contributed by atoms with van der Waals surface area (Å²) in [6.45, 7) is 8.53. The Kier molecular flexibility index (Phi) is 2.06. The number of nitrogens with two attached hydrogens (primary N) is 1. The quantitative estimate of drug-likeness (QED) is 0.659. The summed E-state index contributed by atoms with van der Waals surface area (Å²) in [5.74, 6) is 0. The van der Waals surface area contributed by atoms with E-state index in [1.54, 1.807) is 4.90 Å². The van der Waals surface area contributed by atoms with Crippen LogP contribution in [0.3, 0.4) is 0 Å². The number of hydrogen-bond acceptors (Lipinski definition) is 3. The van der Waals surface area contributed by atoms with Crippen LogP contribution in [0.1, 0.15) is 34.1 Å². The molecule has 0 unspecified atom stereocenters. The molecule has 3 atom stereocenters. The summed E-state index contributed by atoms with van der Waals surface area (Å²) in [7, 11) is 0. The van der Waals surface area contributed by atoms with Gasteiger partial charge in [0.1, 0.15) is 5.60 Å². The van der Waals surface area contributed by atoms with E-state index in [4.69, 9.17) is 10.5 Å². The standard InChI is InChI=1S/C11H20N2O2/c1-10(2,3)15-9(14)13-6-11(4)5-7(13)8(11)12/h7-8H,5-6,12H2,1-4H3/t7-,8-,11-/m1/s1. The number of fused-ring (bicyclic) bond motifs is 1. The van der Waals surface area contributed by atoms with Crippen molar-refractivity contribution in [3.05, 3.63) is 0 Å². The first kappa shape index (κ1) is 10.7. The number of nitrogens with zero attached hydrogens (tertiary/aromatic N) is 1. The van der Waals surface area contributed by atoms with Crippen molar-refractivity contribution in [1.82, 2.24) is 4.90 Å². The van der Waals surface area contributed by atoms with Crippen molar-refractivity contribution >= 4 is 6.09 Å². The highest BCUT2D eigenvalue weighted by Crippen LogP contribution is 2.50. The molecule has 0 spiro atoms. The molecule has 2 aliphatic heterocycles. The maximum atomic E-state index is 11.8. The van der Waals surface area contributed by atoms with Crippen molar-refractivity contribution in [1.29, 1.82) is 0 Å². The van der Waals surface area contributed by atoms with E-state index in [0.29, 0.717) is 0 Å². The summed E-state index contributed by atoms with van der Waals surface area (Å²) in [5.41, 5.74) is 5.71. The van der Waals surface area contributed by atoms with E-state index in [9.17, 15) is 4.79 Å². The van der Waals surface area contributed by atoms with Crippen molar-refractivity contribution in [3.8, 4) is 0 Å². The van der Waals surface area contributed by atoms with Crippen molar-refractivity contribution in [3.63, 3.8) is 0 Å². The van der Waals surface area contributed by atoms with Crippen LogP contribution < -0.4 is 5.73 Å². The van der Waals surface area contributed by atoms with E-state index in [-0.39, 0.29) is 23.6 Å². The molecule has 2 bridgehead atoms. The lowest BCUT2D eigenvalue weighted by Crippen LogP contribution is -2.56. The lowest BCUT2D eigenvalue weighted by atomic mass is 9.67. The van der Waals surface area contributed by atoms with Crippen LogP contribution in [0.25, 0.3) is 0 Å². The van der Waals surface area contributed by atoms with Crippen LogP contribution in [0.15, 0.2) is 0 Å². The van der Waals surface area contributed by atoms with E-state index in [1.165, 1.54) is 0 Å². The van der Waals surface area contributed by atoms with Crippen LogP contribution in [-0.4, -0.2) is 35.2 Å². The van der Waals surface area contributed by atoms with Gasteiger partial charge in [-0.05, 0) is 27.2 Å². The molecule has 2 N–H and O–H groups in total. The first-order chi connectivity index (χ1) is 6.73. The summed E-state index contributed by atoms with van der Waals surface area (Å²) in [4.78, 5) is 13.6. The Morgan fingerprint density at radius 2 is 2.13 bits per heavy atom. The lowest BCUT2D eigenvalue weighted by Gasteiger charge is -2.41. The molecule has 0 aromatic rings. The number of amides is 1. The molecule has 1 saturated carbocycles.